The van der Waals surface area contributed by atoms with E-state index in [1.165, 1.54) is 6.07 Å². The third kappa shape index (κ3) is 2.34. The van der Waals surface area contributed by atoms with E-state index in [0.29, 0.717) is 11.5 Å². The Morgan fingerprint density at radius 3 is 2.56 bits per heavy atom. The van der Waals surface area contributed by atoms with E-state index in [4.69, 9.17) is 0 Å². The van der Waals surface area contributed by atoms with Crippen LogP contribution in [0.15, 0.2) is 17.1 Å². The summed E-state index contributed by atoms with van der Waals surface area (Å²) in [5, 5.41) is 4.47. The molecular formula is C13H18N4O. The maximum absolute atomic E-state index is 11.5. The Kier molecular flexibility index (Phi) is 2.84. The highest BCUT2D eigenvalue weighted by Crippen LogP contribution is 2.29. The van der Waals surface area contributed by atoms with Crippen molar-refractivity contribution in [1.29, 1.82) is 0 Å². The number of H-pyrrole nitrogens is 1. The molecule has 0 radical (unpaired) electrons. The fourth-order valence-corrected chi connectivity index (χ4v) is 1.92. The lowest BCUT2D eigenvalue weighted by Gasteiger charge is -2.17. The Bertz CT molecular complexity index is 631. The number of aryl methyl sites for hydroxylation is 2. The average Bonchev–Trinajstić information content (AvgIpc) is 2.58. The first-order chi connectivity index (χ1) is 8.27. The van der Waals surface area contributed by atoms with Gasteiger partial charge in [0.1, 0.15) is 5.82 Å². The first kappa shape index (κ1) is 12.5. The molecule has 2 rings (SSSR count). The SMILES string of the molecule is Cc1cc(=O)[nH]c(-c2cn(C)nc2C(C)(C)C)n1. The van der Waals surface area contributed by atoms with E-state index in [1.54, 1.807) is 4.68 Å². The van der Waals surface area contributed by atoms with Gasteiger partial charge in [-0.05, 0) is 6.92 Å². The number of nitrogens with one attached hydrogen (secondary N) is 1. The van der Waals surface area contributed by atoms with Crippen LogP contribution in [-0.4, -0.2) is 19.7 Å². The van der Waals surface area contributed by atoms with E-state index in [2.05, 4.69) is 35.8 Å². The Morgan fingerprint density at radius 2 is 2.00 bits per heavy atom. The summed E-state index contributed by atoms with van der Waals surface area (Å²) in [5.41, 5.74) is 2.28. The molecule has 18 heavy (non-hydrogen) atoms. The zero-order valence-corrected chi connectivity index (χ0v) is 11.4. The molecule has 2 heterocycles. The van der Waals surface area contributed by atoms with Crippen LogP contribution in [0.25, 0.3) is 11.4 Å². The minimum atomic E-state index is -0.138. The molecule has 2 aromatic rings. The molecule has 1 N–H and O–H groups in total. The Balaban J connectivity index is 2.67. The molecule has 0 aromatic carbocycles. The Morgan fingerprint density at radius 1 is 1.33 bits per heavy atom. The predicted octanol–water partition coefficient (Wildman–Crippen LogP) is 1.78. The highest BCUT2D eigenvalue weighted by Gasteiger charge is 2.23. The van der Waals surface area contributed by atoms with Gasteiger partial charge in [-0.2, -0.15) is 5.10 Å². The Labute approximate surface area is 106 Å². The minimum absolute atomic E-state index is 0.0983. The van der Waals surface area contributed by atoms with E-state index >= 15 is 0 Å². The largest absolute Gasteiger partial charge is 0.306 e. The number of hydrogen-bond acceptors (Lipinski definition) is 3. The summed E-state index contributed by atoms with van der Waals surface area (Å²) in [4.78, 5) is 18.7. The summed E-state index contributed by atoms with van der Waals surface area (Å²) >= 11 is 0. The quantitative estimate of drug-likeness (QED) is 0.834. The number of rotatable bonds is 1. The van der Waals surface area contributed by atoms with E-state index in [0.717, 1.165) is 11.3 Å². The smallest absolute Gasteiger partial charge is 0.251 e. The van der Waals surface area contributed by atoms with Gasteiger partial charge >= 0.3 is 0 Å². The van der Waals surface area contributed by atoms with Crippen molar-refractivity contribution >= 4 is 0 Å². The monoisotopic (exact) mass is 246 g/mol. The summed E-state index contributed by atoms with van der Waals surface area (Å²) in [6, 6.07) is 1.48. The van der Waals surface area contributed by atoms with Crippen LogP contribution < -0.4 is 5.56 Å². The number of nitrogens with zero attached hydrogens (tertiary/aromatic N) is 3. The van der Waals surface area contributed by atoms with Gasteiger partial charge in [0.05, 0.1) is 11.3 Å². The molecule has 0 fully saturated rings. The van der Waals surface area contributed by atoms with Crippen molar-refractivity contribution in [2.45, 2.75) is 33.1 Å². The topological polar surface area (TPSA) is 63.6 Å². The lowest BCUT2D eigenvalue weighted by atomic mass is 9.89. The molecule has 0 bridgehead atoms. The second-order valence-electron chi connectivity index (χ2n) is 5.55. The molecule has 96 valence electrons. The molecule has 0 aliphatic carbocycles. The van der Waals surface area contributed by atoms with Crippen LogP contribution in [0.2, 0.25) is 0 Å². The van der Waals surface area contributed by atoms with Gasteiger partial charge in [-0.3, -0.25) is 9.48 Å². The van der Waals surface area contributed by atoms with Gasteiger partial charge in [-0.25, -0.2) is 4.98 Å². The summed E-state index contributed by atoms with van der Waals surface area (Å²) < 4.78 is 1.75. The van der Waals surface area contributed by atoms with Crippen LogP contribution in [0, 0.1) is 6.92 Å². The lowest BCUT2D eigenvalue weighted by Crippen LogP contribution is -2.15. The Hall–Kier alpha value is -1.91. The fourth-order valence-electron chi connectivity index (χ4n) is 1.92. The molecule has 5 nitrogen and oxygen atoms in total. The molecule has 0 saturated heterocycles. The molecule has 0 atom stereocenters. The van der Waals surface area contributed by atoms with Crippen LogP contribution in [-0.2, 0) is 12.5 Å². The minimum Gasteiger partial charge on any atom is -0.306 e. The second kappa shape index (κ2) is 4.08. The van der Waals surface area contributed by atoms with Crippen LogP contribution in [0.4, 0.5) is 0 Å². The number of aromatic amines is 1. The molecule has 2 aromatic heterocycles. The molecular weight excluding hydrogens is 228 g/mol. The molecule has 0 unspecified atom stereocenters. The van der Waals surface area contributed by atoms with E-state index in [-0.39, 0.29) is 11.0 Å². The highest BCUT2D eigenvalue weighted by atomic mass is 16.1. The second-order valence-corrected chi connectivity index (χ2v) is 5.55. The first-order valence-corrected chi connectivity index (χ1v) is 5.90. The van der Waals surface area contributed by atoms with Gasteiger partial charge in [0, 0.05) is 30.4 Å². The van der Waals surface area contributed by atoms with Crippen molar-refractivity contribution in [3.8, 4) is 11.4 Å². The summed E-state index contributed by atoms with van der Waals surface area (Å²) in [5.74, 6) is 0.582. The standard InChI is InChI=1S/C13H18N4O/c1-8-6-10(18)15-12(14-8)9-7-17(5)16-11(9)13(2,3)4/h6-7H,1-5H3,(H,14,15,18). The summed E-state index contributed by atoms with van der Waals surface area (Å²) in [6.07, 6.45) is 1.89. The molecule has 0 aliphatic rings. The van der Waals surface area contributed by atoms with E-state index < -0.39 is 0 Å². The van der Waals surface area contributed by atoms with Gasteiger partial charge in [0.15, 0.2) is 0 Å². The van der Waals surface area contributed by atoms with Crippen LogP contribution in [0.1, 0.15) is 32.2 Å². The van der Waals surface area contributed by atoms with Crippen molar-refractivity contribution in [3.05, 3.63) is 34.0 Å². The number of aromatic nitrogens is 4. The van der Waals surface area contributed by atoms with Gasteiger partial charge in [-0.15, -0.1) is 0 Å². The average molecular weight is 246 g/mol. The van der Waals surface area contributed by atoms with Gasteiger partial charge in [0.25, 0.3) is 5.56 Å². The maximum atomic E-state index is 11.5. The third-order valence-electron chi connectivity index (χ3n) is 2.66. The molecule has 0 spiro atoms. The molecule has 5 heteroatoms. The third-order valence-corrected chi connectivity index (χ3v) is 2.66. The van der Waals surface area contributed by atoms with Crippen molar-refractivity contribution in [1.82, 2.24) is 19.7 Å². The van der Waals surface area contributed by atoms with Crippen LogP contribution in [0.5, 0.6) is 0 Å². The molecule has 0 aliphatic heterocycles. The van der Waals surface area contributed by atoms with E-state index in [1.807, 2.05) is 20.2 Å². The van der Waals surface area contributed by atoms with Gasteiger partial charge < -0.3 is 4.98 Å². The highest BCUT2D eigenvalue weighted by molar-refractivity contribution is 5.58. The predicted molar refractivity (Wildman–Crippen MR) is 70.5 cm³/mol. The maximum Gasteiger partial charge on any atom is 0.251 e. The van der Waals surface area contributed by atoms with Crippen LogP contribution in [0.3, 0.4) is 0 Å². The van der Waals surface area contributed by atoms with Crippen molar-refractivity contribution in [2.75, 3.05) is 0 Å². The zero-order chi connectivity index (χ0) is 13.5. The van der Waals surface area contributed by atoms with Crippen LogP contribution >= 0.6 is 0 Å². The van der Waals surface area contributed by atoms with Gasteiger partial charge in [0.2, 0.25) is 0 Å². The van der Waals surface area contributed by atoms with Crippen molar-refractivity contribution < 1.29 is 0 Å². The molecule has 0 amide bonds. The first-order valence-electron chi connectivity index (χ1n) is 5.90. The lowest BCUT2D eigenvalue weighted by molar-refractivity contribution is 0.554. The van der Waals surface area contributed by atoms with Gasteiger partial charge in [-0.1, -0.05) is 20.8 Å². The number of hydrogen-bond donors (Lipinski definition) is 1. The van der Waals surface area contributed by atoms with Crippen molar-refractivity contribution in [3.63, 3.8) is 0 Å². The summed E-state index contributed by atoms with van der Waals surface area (Å²) in [7, 11) is 1.87. The van der Waals surface area contributed by atoms with E-state index in [9.17, 15) is 4.79 Å². The summed E-state index contributed by atoms with van der Waals surface area (Å²) in [6.45, 7) is 8.08. The zero-order valence-electron chi connectivity index (χ0n) is 11.4. The molecule has 0 saturated carbocycles. The normalized spacial score (nSPS) is 11.8. The fraction of sp³-hybridized carbons (Fsp3) is 0.462. The van der Waals surface area contributed by atoms with Crippen molar-refractivity contribution in [2.24, 2.45) is 7.05 Å².